The van der Waals surface area contributed by atoms with Crippen molar-refractivity contribution in [1.29, 1.82) is 0 Å². The van der Waals surface area contributed by atoms with E-state index in [0.29, 0.717) is 28.4 Å². The van der Waals surface area contributed by atoms with Gasteiger partial charge in [0.1, 0.15) is 23.2 Å². The van der Waals surface area contributed by atoms with Gasteiger partial charge in [0, 0.05) is 36.0 Å². The molecule has 0 fully saturated rings. The van der Waals surface area contributed by atoms with Crippen molar-refractivity contribution in [3.63, 3.8) is 0 Å². The molecule has 0 unspecified atom stereocenters. The second-order valence-electron chi connectivity index (χ2n) is 11.8. The van der Waals surface area contributed by atoms with Gasteiger partial charge in [-0.15, -0.1) is 0 Å². The molecule has 3 heterocycles. The molecule has 1 atom stereocenters. The van der Waals surface area contributed by atoms with Crippen LogP contribution in [-0.2, 0) is 19.1 Å². The number of likely N-dealkylation sites (N-methyl/N-ethyl adjacent to an activating group) is 1. The van der Waals surface area contributed by atoms with E-state index >= 15 is 4.39 Å². The van der Waals surface area contributed by atoms with Gasteiger partial charge in [-0.05, 0) is 64.4 Å². The maximum atomic E-state index is 15.1. The van der Waals surface area contributed by atoms with E-state index in [-0.39, 0.29) is 47.7 Å². The van der Waals surface area contributed by atoms with Crippen LogP contribution in [-0.4, -0.2) is 64.8 Å². The SMILES string of the molecule is Cc1cc(-c2cc3c(cc2Nc2cccc4c2C(=O)N([C@@H](CCC(=O)OC(C)(C)C)C(N)=O)C4=O)N(C)C(=O)CO3)c(F)cn1. The molecule has 0 aliphatic carbocycles. The molecule has 0 saturated carbocycles. The smallest absolute Gasteiger partial charge is 0.306 e. The van der Waals surface area contributed by atoms with Crippen LogP contribution in [0.5, 0.6) is 5.75 Å². The largest absolute Gasteiger partial charge is 0.482 e. The molecule has 1 aromatic heterocycles. The molecule has 2 aliphatic heterocycles. The van der Waals surface area contributed by atoms with Crippen molar-refractivity contribution in [2.24, 2.45) is 5.73 Å². The Kier molecular flexibility index (Phi) is 8.04. The first-order chi connectivity index (χ1) is 21.2. The number of rotatable bonds is 8. The number of nitrogens with zero attached hydrogens (tertiary/aromatic N) is 3. The molecule has 5 rings (SSSR count). The number of aryl methyl sites for hydroxylation is 1. The number of aromatic nitrogens is 1. The molecule has 0 spiro atoms. The Hall–Kier alpha value is -5.33. The predicted octanol–water partition coefficient (Wildman–Crippen LogP) is 3.87. The first-order valence-corrected chi connectivity index (χ1v) is 14.1. The van der Waals surface area contributed by atoms with E-state index in [9.17, 15) is 24.0 Å². The topological polar surface area (TPSA) is 161 Å². The number of carbonyl (C=O) groups is 5. The van der Waals surface area contributed by atoms with Crippen molar-refractivity contribution in [1.82, 2.24) is 9.88 Å². The molecular formula is C32H32FN5O7. The number of amides is 4. The molecule has 4 amide bonds. The second kappa shape index (κ2) is 11.6. The summed E-state index contributed by atoms with van der Waals surface area (Å²) in [4.78, 5) is 70.7. The lowest BCUT2D eigenvalue weighted by atomic mass is 10.00. The molecule has 0 bridgehead atoms. The van der Waals surface area contributed by atoms with Crippen molar-refractivity contribution < 1.29 is 37.8 Å². The highest BCUT2D eigenvalue weighted by atomic mass is 19.1. The van der Waals surface area contributed by atoms with Gasteiger partial charge in [0.2, 0.25) is 5.91 Å². The summed E-state index contributed by atoms with van der Waals surface area (Å²) in [5, 5.41) is 3.15. The van der Waals surface area contributed by atoms with Crippen molar-refractivity contribution in [2.45, 2.75) is 52.2 Å². The van der Waals surface area contributed by atoms with Crippen LogP contribution >= 0.6 is 0 Å². The summed E-state index contributed by atoms with van der Waals surface area (Å²) >= 11 is 0. The lowest BCUT2D eigenvalue weighted by Gasteiger charge is -2.28. The zero-order valence-electron chi connectivity index (χ0n) is 25.4. The number of anilines is 3. The minimum absolute atomic E-state index is 0.00888. The van der Waals surface area contributed by atoms with Crippen molar-refractivity contribution in [3.05, 3.63) is 65.2 Å². The van der Waals surface area contributed by atoms with E-state index in [2.05, 4.69) is 10.3 Å². The molecular weight excluding hydrogens is 585 g/mol. The predicted molar refractivity (Wildman–Crippen MR) is 162 cm³/mol. The molecule has 0 radical (unpaired) electrons. The first-order valence-electron chi connectivity index (χ1n) is 14.1. The van der Waals surface area contributed by atoms with E-state index in [1.54, 1.807) is 65.1 Å². The van der Waals surface area contributed by atoms with Crippen LogP contribution in [0.4, 0.5) is 21.5 Å². The third-order valence-electron chi connectivity index (χ3n) is 7.37. The molecule has 234 valence electrons. The van der Waals surface area contributed by atoms with Gasteiger partial charge in [-0.2, -0.15) is 0 Å². The highest BCUT2D eigenvalue weighted by Crippen LogP contribution is 2.43. The Bertz CT molecular complexity index is 1770. The summed E-state index contributed by atoms with van der Waals surface area (Å²) in [7, 11) is 1.58. The summed E-state index contributed by atoms with van der Waals surface area (Å²) in [6.45, 7) is 6.59. The minimum Gasteiger partial charge on any atom is -0.482 e. The van der Waals surface area contributed by atoms with E-state index in [4.69, 9.17) is 15.2 Å². The van der Waals surface area contributed by atoms with Crippen molar-refractivity contribution in [2.75, 3.05) is 23.9 Å². The maximum absolute atomic E-state index is 15.1. The number of pyridine rings is 1. The van der Waals surface area contributed by atoms with E-state index < -0.39 is 41.2 Å². The number of nitrogens with one attached hydrogen (secondary N) is 1. The molecule has 2 aliphatic rings. The number of benzene rings is 2. The number of hydrogen-bond donors (Lipinski definition) is 2. The average Bonchev–Trinajstić information content (AvgIpc) is 3.21. The molecule has 45 heavy (non-hydrogen) atoms. The molecule has 13 heteroatoms. The molecule has 3 N–H and O–H groups in total. The number of imide groups is 1. The summed E-state index contributed by atoms with van der Waals surface area (Å²) in [6.07, 6.45) is 0.605. The van der Waals surface area contributed by atoms with Gasteiger partial charge in [-0.3, -0.25) is 33.9 Å². The number of ether oxygens (including phenoxy) is 2. The summed E-state index contributed by atoms with van der Waals surface area (Å²) in [5.74, 6) is -3.70. The van der Waals surface area contributed by atoms with Crippen LogP contribution in [0.25, 0.3) is 11.1 Å². The van der Waals surface area contributed by atoms with Crippen LogP contribution < -0.4 is 20.7 Å². The number of hydrogen-bond acceptors (Lipinski definition) is 9. The number of nitrogens with two attached hydrogens (primary N) is 1. The van der Waals surface area contributed by atoms with E-state index in [0.717, 1.165) is 11.1 Å². The maximum Gasteiger partial charge on any atom is 0.306 e. The van der Waals surface area contributed by atoms with Gasteiger partial charge in [-0.1, -0.05) is 6.07 Å². The quantitative estimate of drug-likeness (QED) is 0.282. The summed E-state index contributed by atoms with van der Waals surface area (Å²) in [5.41, 5.74) is 6.77. The Morgan fingerprint density at radius 2 is 1.82 bits per heavy atom. The monoisotopic (exact) mass is 617 g/mol. The number of carbonyl (C=O) groups excluding carboxylic acids is 5. The minimum atomic E-state index is -1.41. The van der Waals surface area contributed by atoms with Crippen molar-refractivity contribution >= 4 is 46.7 Å². The molecule has 3 aromatic rings. The fraction of sp³-hybridized carbons (Fsp3) is 0.312. The summed E-state index contributed by atoms with van der Waals surface area (Å²) in [6, 6.07) is 7.84. The lowest BCUT2D eigenvalue weighted by molar-refractivity contribution is -0.155. The third-order valence-corrected chi connectivity index (χ3v) is 7.37. The number of primary amides is 1. The van der Waals surface area contributed by atoms with E-state index in [1.807, 2.05) is 0 Å². The van der Waals surface area contributed by atoms with Gasteiger partial charge in [0.05, 0.1) is 28.7 Å². The standard InChI is InChI=1S/C32H32FN5O7/c1-16-11-18(20(33)14-35-16)19-12-25-24(37(5)26(39)15-44-25)13-22(19)36-21-8-6-7-17-28(21)31(43)38(30(17)42)23(29(34)41)9-10-27(40)45-32(2,3)4/h6-8,11-14,23,36H,9-10,15H2,1-5H3,(H2,34,41)/t23-/m0/s1. The average molecular weight is 618 g/mol. The van der Waals surface area contributed by atoms with Crippen LogP contribution in [0.2, 0.25) is 0 Å². The van der Waals surface area contributed by atoms with Gasteiger partial charge >= 0.3 is 5.97 Å². The van der Waals surface area contributed by atoms with Crippen LogP contribution in [0.15, 0.2) is 42.6 Å². The Morgan fingerprint density at radius 1 is 1.09 bits per heavy atom. The second-order valence-corrected chi connectivity index (χ2v) is 11.8. The number of esters is 1. The van der Waals surface area contributed by atoms with Crippen LogP contribution in [0.3, 0.4) is 0 Å². The Labute approximate surface area is 258 Å². The third kappa shape index (κ3) is 6.06. The normalized spacial score (nSPS) is 14.9. The van der Waals surface area contributed by atoms with Gasteiger partial charge in [0.15, 0.2) is 6.61 Å². The highest BCUT2D eigenvalue weighted by Gasteiger charge is 2.44. The first kappa shape index (κ1) is 31.1. The van der Waals surface area contributed by atoms with Gasteiger partial charge < -0.3 is 25.4 Å². The van der Waals surface area contributed by atoms with Gasteiger partial charge in [-0.25, -0.2) is 4.39 Å². The zero-order valence-corrected chi connectivity index (χ0v) is 25.4. The summed E-state index contributed by atoms with van der Waals surface area (Å²) < 4.78 is 26.1. The van der Waals surface area contributed by atoms with Gasteiger partial charge in [0.25, 0.3) is 17.7 Å². The van der Waals surface area contributed by atoms with Crippen molar-refractivity contribution in [3.8, 4) is 16.9 Å². The van der Waals surface area contributed by atoms with E-state index in [1.165, 1.54) is 11.0 Å². The molecule has 12 nitrogen and oxygen atoms in total. The zero-order chi connectivity index (χ0) is 32.8. The number of fused-ring (bicyclic) bond motifs is 2. The highest BCUT2D eigenvalue weighted by molar-refractivity contribution is 6.25. The van der Waals surface area contributed by atoms with Crippen LogP contribution in [0, 0.1) is 12.7 Å². The number of halogens is 1. The lowest BCUT2D eigenvalue weighted by Crippen LogP contribution is -2.48. The molecule has 2 aromatic carbocycles. The van der Waals surface area contributed by atoms with Crippen LogP contribution in [0.1, 0.15) is 60.0 Å². The fourth-order valence-corrected chi connectivity index (χ4v) is 5.27. The Morgan fingerprint density at radius 3 is 2.51 bits per heavy atom. The fourth-order valence-electron chi connectivity index (χ4n) is 5.27. The Balaban J connectivity index is 1.54. The molecule has 0 saturated heterocycles.